The Kier molecular flexibility index (Phi) is 7.51. The monoisotopic (exact) mass is 286 g/mol. The summed E-state index contributed by atoms with van der Waals surface area (Å²) in [5.74, 6) is 2.44. The molecule has 1 atom stereocenters. The number of thioether (sulfide) groups is 1. The molecule has 1 rings (SSSR count). The zero-order chi connectivity index (χ0) is 13.4. The summed E-state index contributed by atoms with van der Waals surface area (Å²) in [5.41, 5.74) is 0.843. The topological polar surface area (TPSA) is 45.8 Å². The second-order valence-electron chi connectivity index (χ2n) is 4.44. The maximum Gasteiger partial charge on any atom is 0.251 e. The molecule has 0 aliphatic rings. The Morgan fingerprint density at radius 2 is 2.22 bits per heavy atom. The maximum atomic E-state index is 11.5. The number of H-pyrrole nitrogens is 1. The highest BCUT2D eigenvalue weighted by Crippen LogP contribution is 2.20. The van der Waals surface area contributed by atoms with Crippen LogP contribution in [0.2, 0.25) is 0 Å². The third-order valence-corrected chi connectivity index (χ3v) is 4.31. The number of hydrogen-bond acceptors (Lipinski definition) is 4. The quantitative estimate of drug-likeness (QED) is 0.438. The number of rotatable bonds is 8. The Balaban J connectivity index is 2.63. The second kappa shape index (κ2) is 8.64. The van der Waals surface area contributed by atoms with Crippen molar-refractivity contribution in [2.24, 2.45) is 5.92 Å². The lowest BCUT2D eigenvalue weighted by Crippen LogP contribution is -2.12. The van der Waals surface area contributed by atoms with Crippen LogP contribution in [0.1, 0.15) is 38.8 Å². The molecule has 1 N–H and O–H groups in total. The van der Waals surface area contributed by atoms with Crippen LogP contribution in [0, 0.1) is 5.92 Å². The molecule has 0 aromatic carbocycles. The molecule has 18 heavy (non-hydrogen) atoms. The first-order valence-electron chi connectivity index (χ1n) is 6.53. The zero-order valence-corrected chi connectivity index (χ0v) is 12.8. The number of aromatic amines is 1. The predicted molar refractivity (Wildman–Crippen MR) is 81.8 cm³/mol. The van der Waals surface area contributed by atoms with Gasteiger partial charge in [0.05, 0.1) is 0 Å². The molecule has 3 nitrogen and oxygen atoms in total. The van der Waals surface area contributed by atoms with Crippen LogP contribution in [0.5, 0.6) is 0 Å². The van der Waals surface area contributed by atoms with Crippen LogP contribution >= 0.6 is 24.4 Å². The van der Waals surface area contributed by atoms with Gasteiger partial charge in [-0.3, -0.25) is 4.79 Å². The van der Waals surface area contributed by atoms with Gasteiger partial charge < -0.3 is 4.98 Å². The lowest BCUT2D eigenvalue weighted by Gasteiger charge is -2.12. The molecule has 0 saturated heterocycles. The fraction of sp³-hybridized carbons (Fsp3) is 0.692. The zero-order valence-electron chi connectivity index (χ0n) is 11.1. The summed E-state index contributed by atoms with van der Waals surface area (Å²) in [5, 5.41) is 0.744. The standard InChI is InChI=1S/C13H22N2OS2/c1-3-5-10(8-17)9-18-13-14-11(6-4-2)7-12(16)15-13/h7,10,17H,3-6,8-9H2,1-2H3,(H,14,15,16). The van der Waals surface area contributed by atoms with Gasteiger partial charge in [-0.05, 0) is 24.5 Å². The van der Waals surface area contributed by atoms with E-state index in [1.165, 1.54) is 12.8 Å². The Labute approximate surface area is 119 Å². The van der Waals surface area contributed by atoms with E-state index in [1.54, 1.807) is 17.8 Å². The van der Waals surface area contributed by atoms with E-state index in [4.69, 9.17) is 0 Å². The average Bonchev–Trinajstić information content (AvgIpc) is 2.34. The Hall–Kier alpha value is -0.420. The highest BCUT2D eigenvalue weighted by atomic mass is 32.2. The lowest BCUT2D eigenvalue weighted by atomic mass is 10.1. The van der Waals surface area contributed by atoms with Crippen LogP contribution in [0.25, 0.3) is 0 Å². The van der Waals surface area contributed by atoms with Crippen molar-refractivity contribution in [2.45, 2.75) is 44.7 Å². The smallest absolute Gasteiger partial charge is 0.251 e. The molecule has 0 aliphatic heterocycles. The van der Waals surface area contributed by atoms with E-state index in [1.807, 2.05) is 0 Å². The van der Waals surface area contributed by atoms with E-state index >= 15 is 0 Å². The summed E-state index contributed by atoms with van der Waals surface area (Å²) in [6.45, 7) is 4.27. The van der Waals surface area contributed by atoms with E-state index < -0.39 is 0 Å². The van der Waals surface area contributed by atoms with Gasteiger partial charge in [0.2, 0.25) is 0 Å². The fourth-order valence-corrected chi connectivity index (χ4v) is 3.29. The number of hydrogen-bond donors (Lipinski definition) is 2. The molecule has 0 amide bonds. The van der Waals surface area contributed by atoms with Crippen LogP contribution in [0.15, 0.2) is 16.0 Å². The van der Waals surface area contributed by atoms with Gasteiger partial charge in [-0.2, -0.15) is 12.6 Å². The average molecular weight is 286 g/mol. The molecular weight excluding hydrogens is 264 g/mol. The van der Waals surface area contributed by atoms with Crippen molar-refractivity contribution < 1.29 is 0 Å². The molecule has 0 fully saturated rings. The number of aryl methyl sites for hydroxylation is 1. The minimum atomic E-state index is -0.0473. The van der Waals surface area contributed by atoms with Gasteiger partial charge in [0.1, 0.15) is 0 Å². The first kappa shape index (κ1) is 15.6. The second-order valence-corrected chi connectivity index (χ2v) is 5.81. The van der Waals surface area contributed by atoms with Crippen LogP contribution in [-0.2, 0) is 6.42 Å². The summed E-state index contributed by atoms with van der Waals surface area (Å²) in [7, 11) is 0. The molecule has 0 bridgehead atoms. The number of nitrogens with one attached hydrogen (secondary N) is 1. The number of aromatic nitrogens is 2. The third-order valence-electron chi connectivity index (χ3n) is 2.69. The number of thiol groups is 1. The van der Waals surface area contributed by atoms with Gasteiger partial charge in [0, 0.05) is 17.5 Å². The molecule has 0 aliphatic carbocycles. The number of nitrogens with zero attached hydrogens (tertiary/aromatic N) is 1. The third kappa shape index (κ3) is 5.48. The van der Waals surface area contributed by atoms with E-state index in [-0.39, 0.29) is 5.56 Å². The van der Waals surface area contributed by atoms with E-state index in [0.29, 0.717) is 5.92 Å². The summed E-state index contributed by atoms with van der Waals surface area (Å²) in [6.07, 6.45) is 4.22. The summed E-state index contributed by atoms with van der Waals surface area (Å²) in [4.78, 5) is 18.8. The fourth-order valence-electron chi connectivity index (χ4n) is 1.77. The molecule has 1 aromatic rings. The van der Waals surface area contributed by atoms with E-state index in [2.05, 4.69) is 36.4 Å². The molecule has 1 aromatic heterocycles. The highest BCUT2D eigenvalue weighted by Gasteiger charge is 2.08. The van der Waals surface area contributed by atoms with Gasteiger partial charge in [-0.25, -0.2) is 4.98 Å². The van der Waals surface area contributed by atoms with Gasteiger partial charge in [0.15, 0.2) is 5.16 Å². The highest BCUT2D eigenvalue weighted by molar-refractivity contribution is 7.99. The van der Waals surface area contributed by atoms with Crippen LogP contribution in [0.3, 0.4) is 0 Å². The van der Waals surface area contributed by atoms with Crippen molar-refractivity contribution in [1.29, 1.82) is 0 Å². The summed E-state index contributed by atoms with van der Waals surface area (Å²) >= 11 is 6.00. The van der Waals surface area contributed by atoms with E-state index in [0.717, 1.165) is 35.2 Å². The van der Waals surface area contributed by atoms with Gasteiger partial charge in [0.25, 0.3) is 5.56 Å². The van der Waals surface area contributed by atoms with Gasteiger partial charge >= 0.3 is 0 Å². The Bertz CT molecular complexity index is 406. The van der Waals surface area contributed by atoms with Gasteiger partial charge in [-0.1, -0.05) is 38.5 Å². The maximum absolute atomic E-state index is 11.5. The molecule has 5 heteroatoms. The molecule has 0 spiro atoms. The molecule has 102 valence electrons. The first-order valence-corrected chi connectivity index (χ1v) is 8.15. The molecule has 0 saturated carbocycles. The predicted octanol–water partition coefficient (Wildman–Crippen LogP) is 3.16. The van der Waals surface area contributed by atoms with Crippen molar-refractivity contribution in [3.63, 3.8) is 0 Å². The summed E-state index contributed by atoms with van der Waals surface area (Å²) in [6, 6.07) is 1.59. The van der Waals surface area contributed by atoms with Crippen LogP contribution in [-0.4, -0.2) is 21.5 Å². The van der Waals surface area contributed by atoms with Crippen molar-refractivity contribution in [1.82, 2.24) is 9.97 Å². The SMILES string of the molecule is CCCc1cc(=O)[nH]c(SCC(CS)CCC)n1. The minimum absolute atomic E-state index is 0.0473. The largest absolute Gasteiger partial charge is 0.301 e. The summed E-state index contributed by atoms with van der Waals surface area (Å²) < 4.78 is 0. The van der Waals surface area contributed by atoms with Gasteiger partial charge in [-0.15, -0.1) is 0 Å². The van der Waals surface area contributed by atoms with Crippen molar-refractivity contribution in [2.75, 3.05) is 11.5 Å². The van der Waals surface area contributed by atoms with Crippen LogP contribution < -0.4 is 5.56 Å². The van der Waals surface area contributed by atoms with Crippen LogP contribution in [0.4, 0.5) is 0 Å². The van der Waals surface area contributed by atoms with Crippen molar-refractivity contribution in [3.05, 3.63) is 22.1 Å². The minimum Gasteiger partial charge on any atom is -0.301 e. The molecule has 1 unspecified atom stereocenters. The van der Waals surface area contributed by atoms with Crippen molar-refractivity contribution in [3.8, 4) is 0 Å². The normalized spacial score (nSPS) is 12.6. The first-order chi connectivity index (χ1) is 8.69. The Morgan fingerprint density at radius 1 is 1.44 bits per heavy atom. The lowest BCUT2D eigenvalue weighted by molar-refractivity contribution is 0.594. The molecule has 0 radical (unpaired) electrons. The molecular formula is C13H22N2OS2. The van der Waals surface area contributed by atoms with Crippen molar-refractivity contribution >= 4 is 24.4 Å². The Morgan fingerprint density at radius 3 is 2.83 bits per heavy atom. The molecule has 1 heterocycles. The van der Waals surface area contributed by atoms with E-state index in [9.17, 15) is 4.79 Å².